The van der Waals surface area contributed by atoms with Crippen LogP contribution in [0.15, 0.2) is 18.6 Å². The van der Waals surface area contributed by atoms with Crippen molar-refractivity contribution in [2.24, 2.45) is 13.0 Å². The normalized spacial score (nSPS) is 11.2. The van der Waals surface area contributed by atoms with Crippen molar-refractivity contribution in [3.63, 3.8) is 0 Å². The van der Waals surface area contributed by atoms with Gasteiger partial charge in [-0.05, 0) is 18.4 Å². The molecule has 0 aliphatic carbocycles. The zero-order valence-electron chi connectivity index (χ0n) is 10.1. The fraction of sp³-hybridized carbons (Fsp3) is 0.500. The Kier molecular flexibility index (Phi) is 3.08. The lowest BCUT2D eigenvalue weighted by atomic mass is 10.1. The Morgan fingerprint density at radius 3 is 2.94 bits per heavy atom. The molecule has 0 amide bonds. The molecule has 0 spiro atoms. The summed E-state index contributed by atoms with van der Waals surface area (Å²) in [6, 6.07) is 1.98. The zero-order valence-corrected chi connectivity index (χ0v) is 10.1. The number of hydrogen-bond donors (Lipinski definition) is 1. The number of aryl methyl sites for hydroxylation is 1. The van der Waals surface area contributed by atoms with Gasteiger partial charge in [0, 0.05) is 19.8 Å². The summed E-state index contributed by atoms with van der Waals surface area (Å²) >= 11 is 0. The molecule has 0 aliphatic heterocycles. The van der Waals surface area contributed by atoms with E-state index in [4.69, 9.17) is 0 Å². The van der Waals surface area contributed by atoms with Gasteiger partial charge in [-0.2, -0.15) is 0 Å². The van der Waals surface area contributed by atoms with Crippen LogP contribution in [0.4, 0.5) is 5.82 Å². The Hall–Kier alpha value is -1.58. The van der Waals surface area contributed by atoms with Crippen molar-refractivity contribution in [3.8, 4) is 0 Å². The minimum Gasteiger partial charge on any atom is -0.368 e. The van der Waals surface area contributed by atoms with Crippen LogP contribution in [0.3, 0.4) is 0 Å². The Labute approximate surface area is 95.7 Å². The predicted octanol–water partition coefficient (Wildman–Crippen LogP) is 2.43. The van der Waals surface area contributed by atoms with E-state index < -0.39 is 0 Å². The third kappa shape index (κ3) is 2.15. The maximum Gasteiger partial charge on any atom is 0.154 e. The average molecular weight is 218 g/mol. The first-order valence-corrected chi connectivity index (χ1v) is 5.68. The van der Waals surface area contributed by atoms with Crippen molar-refractivity contribution < 1.29 is 0 Å². The molecule has 0 bridgehead atoms. The molecule has 0 aliphatic rings. The van der Waals surface area contributed by atoms with Gasteiger partial charge in [0.15, 0.2) is 5.82 Å². The number of hydrogen-bond acceptors (Lipinski definition) is 3. The topological polar surface area (TPSA) is 42.7 Å². The van der Waals surface area contributed by atoms with Gasteiger partial charge in [0.2, 0.25) is 0 Å². The summed E-state index contributed by atoms with van der Waals surface area (Å²) in [7, 11) is 1.99. The minimum absolute atomic E-state index is 0.704. The molecule has 0 radical (unpaired) electrons. The lowest BCUT2D eigenvalue weighted by molar-refractivity contribution is 0.607. The fourth-order valence-corrected chi connectivity index (χ4v) is 1.67. The Bertz CT molecular complexity index is 473. The second-order valence-corrected chi connectivity index (χ2v) is 4.49. The summed E-state index contributed by atoms with van der Waals surface area (Å²) in [4.78, 5) is 8.68. The van der Waals surface area contributed by atoms with Gasteiger partial charge in [-0.15, -0.1) is 0 Å². The van der Waals surface area contributed by atoms with Crippen LogP contribution in [0, 0.1) is 5.92 Å². The summed E-state index contributed by atoms with van der Waals surface area (Å²) in [5.41, 5.74) is 2.07. The molecular formula is C12H18N4. The van der Waals surface area contributed by atoms with E-state index in [1.807, 2.05) is 30.2 Å². The highest BCUT2D eigenvalue weighted by molar-refractivity contribution is 5.85. The number of imidazole rings is 1. The molecule has 0 saturated heterocycles. The van der Waals surface area contributed by atoms with Crippen molar-refractivity contribution in [2.45, 2.75) is 20.3 Å². The van der Waals surface area contributed by atoms with Crippen LogP contribution in [0.5, 0.6) is 0 Å². The molecule has 0 unspecified atom stereocenters. The fourth-order valence-electron chi connectivity index (χ4n) is 1.67. The molecule has 86 valence electrons. The van der Waals surface area contributed by atoms with E-state index in [2.05, 4.69) is 29.1 Å². The molecule has 4 heteroatoms. The second kappa shape index (κ2) is 4.51. The van der Waals surface area contributed by atoms with E-state index in [9.17, 15) is 0 Å². The summed E-state index contributed by atoms with van der Waals surface area (Å²) in [5, 5.41) is 3.35. The van der Waals surface area contributed by atoms with E-state index >= 15 is 0 Å². The van der Waals surface area contributed by atoms with E-state index in [1.54, 1.807) is 0 Å². The van der Waals surface area contributed by atoms with Crippen molar-refractivity contribution in [1.82, 2.24) is 14.5 Å². The number of nitrogens with zero attached hydrogens (tertiary/aromatic N) is 3. The van der Waals surface area contributed by atoms with Crippen molar-refractivity contribution >= 4 is 16.9 Å². The highest BCUT2D eigenvalue weighted by atomic mass is 15.1. The van der Waals surface area contributed by atoms with E-state index in [0.717, 1.165) is 29.8 Å². The predicted molar refractivity (Wildman–Crippen MR) is 66.5 cm³/mol. The molecule has 4 nitrogen and oxygen atoms in total. The molecule has 0 fully saturated rings. The van der Waals surface area contributed by atoms with E-state index in [0.29, 0.717) is 5.92 Å². The highest BCUT2D eigenvalue weighted by Gasteiger charge is 2.05. The number of rotatable bonds is 4. The summed E-state index contributed by atoms with van der Waals surface area (Å²) in [5.74, 6) is 1.59. The largest absolute Gasteiger partial charge is 0.368 e. The quantitative estimate of drug-likeness (QED) is 0.857. The Balaban J connectivity index is 2.17. The molecule has 2 rings (SSSR count). The monoisotopic (exact) mass is 218 g/mol. The summed E-state index contributed by atoms with van der Waals surface area (Å²) in [6.07, 6.45) is 4.78. The molecule has 16 heavy (non-hydrogen) atoms. The Morgan fingerprint density at radius 2 is 2.19 bits per heavy atom. The smallest absolute Gasteiger partial charge is 0.154 e. The minimum atomic E-state index is 0.704. The van der Waals surface area contributed by atoms with E-state index in [-0.39, 0.29) is 0 Å². The van der Waals surface area contributed by atoms with Crippen LogP contribution in [-0.4, -0.2) is 21.1 Å². The number of nitrogens with one attached hydrogen (secondary N) is 1. The maximum atomic E-state index is 4.35. The highest BCUT2D eigenvalue weighted by Crippen LogP contribution is 2.18. The van der Waals surface area contributed by atoms with Crippen molar-refractivity contribution in [1.29, 1.82) is 0 Å². The number of pyridine rings is 1. The van der Waals surface area contributed by atoms with Crippen LogP contribution >= 0.6 is 0 Å². The van der Waals surface area contributed by atoms with Crippen LogP contribution in [-0.2, 0) is 7.05 Å². The molecule has 0 saturated carbocycles. The molecule has 2 aromatic heterocycles. The molecule has 0 aromatic carbocycles. The van der Waals surface area contributed by atoms with Gasteiger partial charge in [0.05, 0.1) is 11.8 Å². The standard InChI is InChI=1S/C12H18N4/c1-9(2)4-6-13-12-11-10(5-7-14-12)16(3)8-15-11/h5,7-9H,4,6H2,1-3H3,(H,13,14). The molecule has 2 heterocycles. The first-order valence-electron chi connectivity index (χ1n) is 5.68. The van der Waals surface area contributed by atoms with Crippen molar-refractivity contribution in [3.05, 3.63) is 18.6 Å². The average Bonchev–Trinajstić information content (AvgIpc) is 2.61. The molecule has 2 aromatic rings. The third-order valence-electron chi connectivity index (χ3n) is 2.66. The first-order chi connectivity index (χ1) is 7.68. The number of fused-ring (bicyclic) bond motifs is 1. The lowest BCUT2D eigenvalue weighted by Crippen LogP contribution is -2.06. The maximum absolute atomic E-state index is 4.35. The van der Waals surface area contributed by atoms with Crippen molar-refractivity contribution in [2.75, 3.05) is 11.9 Å². The number of anilines is 1. The van der Waals surface area contributed by atoms with Crippen LogP contribution in [0.2, 0.25) is 0 Å². The summed E-state index contributed by atoms with van der Waals surface area (Å²) in [6.45, 7) is 5.38. The zero-order chi connectivity index (χ0) is 11.5. The van der Waals surface area contributed by atoms with Gasteiger partial charge >= 0.3 is 0 Å². The van der Waals surface area contributed by atoms with Gasteiger partial charge in [-0.1, -0.05) is 13.8 Å². The third-order valence-corrected chi connectivity index (χ3v) is 2.66. The van der Waals surface area contributed by atoms with Crippen LogP contribution in [0.25, 0.3) is 11.0 Å². The van der Waals surface area contributed by atoms with Gasteiger partial charge in [-0.25, -0.2) is 9.97 Å². The molecule has 1 N–H and O–H groups in total. The number of aromatic nitrogens is 3. The van der Waals surface area contributed by atoms with Crippen LogP contribution < -0.4 is 5.32 Å². The van der Waals surface area contributed by atoms with Gasteiger partial charge in [0.1, 0.15) is 5.52 Å². The van der Waals surface area contributed by atoms with Crippen LogP contribution in [0.1, 0.15) is 20.3 Å². The van der Waals surface area contributed by atoms with Gasteiger partial charge < -0.3 is 9.88 Å². The Morgan fingerprint density at radius 1 is 1.38 bits per heavy atom. The van der Waals surface area contributed by atoms with Gasteiger partial charge in [0.25, 0.3) is 0 Å². The summed E-state index contributed by atoms with van der Waals surface area (Å²) < 4.78 is 2.00. The first kappa shape index (κ1) is 10.9. The second-order valence-electron chi connectivity index (χ2n) is 4.49. The van der Waals surface area contributed by atoms with Gasteiger partial charge in [-0.3, -0.25) is 0 Å². The lowest BCUT2D eigenvalue weighted by Gasteiger charge is -2.07. The SMILES string of the molecule is CC(C)CCNc1nccc2c1ncn2C. The molecule has 0 atom stereocenters. The van der Waals surface area contributed by atoms with E-state index in [1.165, 1.54) is 0 Å². The molecular weight excluding hydrogens is 200 g/mol.